The second-order valence-corrected chi connectivity index (χ2v) is 4.90. The molecule has 1 aromatic carbocycles. The highest BCUT2D eigenvalue weighted by molar-refractivity contribution is 6.42. The number of nitrogens with one attached hydrogen (secondary N) is 1. The zero-order valence-corrected chi connectivity index (χ0v) is 12.4. The Kier molecular flexibility index (Phi) is 5.80. The minimum atomic E-state index is -1.60. The molecule has 114 valence electrons. The van der Waals surface area contributed by atoms with E-state index < -0.39 is 29.9 Å². The molecule has 0 bridgehead atoms. The molecule has 9 heteroatoms. The van der Waals surface area contributed by atoms with Gasteiger partial charge < -0.3 is 21.5 Å². The quantitative estimate of drug-likeness (QED) is 0.643. The second kappa shape index (κ2) is 7.14. The van der Waals surface area contributed by atoms with Gasteiger partial charge in [-0.3, -0.25) is 14.4 Å². The third kappa shape index (κ3) is 4.80. The van der Waals surface area contributed by atoms with Gasteiger partial charge in [-0.25, -0.2) is 0 Å². The Labute approximate surface area is 130 Å². The van der Waals surface area contributed by atoms with E-state index in [4.69, 9.17) is 39.4 Å². The van der Waals surface area contributed by atoms with Crippen molar-refractivity contribution < 1.29 is 19.1 Å². The third-order valence-corrected chi connectivity index (χ3v) is 3.17. The predicted molar refractivity (Wildman–Crippen MR) is 76.9 cm³/mol. The summed E-state index contributed by atoms with van der Waals surface area (Å²) in [4.78, 5) is 33.8. The number of ether oxygens (including phenoxy) is 1. The van der Waals surface area contributed by atoms with Gasteiger partial charge in [0.25, 0.3) is 5.91 Å². The number of carbonyl (C=O) groups excluding carboxylic acids is 3. The van der Waals surface area contributed by atoms with Gasteiger partial charge in [-0.1, -0.05) is 23.2 Å². The molecule has 0 aliphatic rings. The Balaban J connectivity index is 2.72. The summed E-state index contributed by atoms with van der Waals surface area (Å²) < 4.78 is 5.31. The van der Waals surface area contributed by atoms with Crippen LogP contribution in [0.25, 0.3) is 0 Å². The van der Waals surface area contributed by atoms with Crippen LogP contribution in [0.15, 0.2) is 18.2 Å². The first-order valence-electron chi connectivity index (χ1n) is 5.73. The van der Waals surface area contributed by atoms with Gasteiger partial charge in [-0.05, 0) is 19.1 Å². The van der Waals surface area contributed by atoms with Crippen molar-refractivity contribution in [3.63, 3.8) is 0 Å². The van der Waals surface area contributed by atoms with E-state index in [1.54, 1.807) is 0 Å². The van der Waals surface area contributed by atoms with Crippen LogP contribution in [0.4, 0.5) is 0 Å². The molecule has 3 amide bonds. The summed E-state index contributed by atoms with van der Waals surface area (Å²) in [5.41, 5.74) is 9.90. The fourth-order valence-electron chi connectivity index (χ4n) is 1.35. The number of hydrogen-bond donors (Lipinski definition) is 3. The Hall–Kier alpha value is -1.99. The van der Waals surface area contributed by atoms with Crippen LogP contribution in [0.1, 0.15) is 6.92 Å². The van der Waals surface area contributed by atoms with Gasteiger partial charge in [0.2, 0.25) is 11.8 Å². The topological polar surface area (TPSA) is 125 Å². The lowest BCUT2D eigenvalue weighted by Crippen LogP contribution is -2.54. The maximum absolute atomic E-state index is 11.8. The van der Waals surface area contributed by atoms with Crippen molar-refractivity contribution in [3.8, 4) is 5.75 Å². The Bertz CT molecular complexity index is 566. The summed E-state index contributed by atoms with van der Waals surface area (Å²) in [6.07, 6.45) is -1.01. The number of primary amides is 2. The van der Waals surface area contributed by atoms with Gasteiger partial charge in [-0.15, -0.1) is 0 Å². The lowest BCUT2D eigenvalue weighted by atomic mass is 10.2. The van der Waals surface area contributed by atoms with Crippen LogP contribution in [-0.2, 0) is 14.4 Å². The number of nitrogens with two attached hydrogens (primary N) is 2. The van der Waals surface area contributed by atoms with Gasteiger partial charge in [0, 0.05) is 6.07 Å². The van der Waals surface area contributed by atoms with E-state index in [1.165, 1.54) is 25.1 Å². The summed E-state index contributed by atoms with van der Waals surface area (Å²) in [7, 11) is 0. The lowest BCUT2D eigenvalue weighted by molar-refractivity contribution is -0.136. The summed E-state index contributed by atoms with van der Waals surface area (Å²) in [6.45, 7) is 1.41. The first-order valence-corrected chi connectivity index (χ1v) is 6.48. The van der Waals surface area contributed by atoms with E-state index in [-0.39, 0.29) is 5.02 Å². The minimum absolute atomic E-state index is 0.258. The number of amides is 3. The maximum atomic E-state index is 11.8. The molecule has 0 heterocycles. The number of rotatable bonds is 6. The zero-order chi connectivity index (χ0) is 16.2. The summed E-state index contributed by atoms with van der Waals surface area (Å²) in [5, 5.41) is 2.68. The standard InChI is InChI=1S/C12H13Cl2N3O4/c1-5(12(20)17-9(10(15)18)11(16)19)21-6-2-3-7(13)8(14)4-6/h2-5,9H,1H3,(H2,15,18)(H2,16,19)(H,17,20)/t5-/m0/s1. The van der Waals surface area contributed by atoms with E-state index in [1.807, 2.05) is 0 Å². The average Bonchev–Trinajstić information content (AvgIpc) is 2.39. The van der Waals surface area contributed by atoms with Crippen molar-refractivity contribution >= 4 is 40.9 Å². The highest BCUT2D eigenvalue weighted by Crippen LogP contribution is 2.26. The molecule has 0 aliphatic heterocycles. The van der Waals surface area contributed by atoms with Crippen molar-refractivity contribution in [1.82, 2.24) is 5.32 Å². The molecule has 0 radical (unpaired) electrons. The van der Waals surface area contributed by atoms with Crippen LogP contribution in [0.2, 0.25) is 10.0 Å². The Morgan fingerprint density at radius 1 is 1.14 bits per heavy atom. The van der Waals surface area contributed by atoms with Crippen molar-refractivity contribution in [2.45, 2.75) is 19.1 Å². The van der Waals surface area contributed by atoms with Crippen LogP contribution in [0.5, 0.6) is 5.75 Å². The largest absolute Gasteiger partial charge is 0.481 e. The van der Waals surface area contributed by atoms with E-state index in [9.17, 15) is 14.4 Å². The SMILES string of the molecule is C[C@H](Oc1ccc(Cl)c(Cl)c1)C(=O)NC(C(N)=O)C(N)=O. The molecule has 0 fully saturated rings. The molecule has 0 aromatic heterocycles. The highest BCUT2D eigenvalue weighted by atomic mass is 35.5. The first-order chi connectivity index (χ1) is 9.72. The van der Waals surface area contributed by atoms with E-state index in [2.05, 4.69) is 5.32 Å². The zero-order valence-electron chi connectivity index (χ0n) is 10.9. The van der Waals surface area contributed by atoms with E-state index in [0.29, 0.717) is 10.8 Å². The van der Waals surface area contributed by atoms with Crippen LogP contribution in [0, 0.1) is 0 Å². The Morgan fingerprint density at radius 3 is 2.19 bits per heavy atom. The molecule has 1 aromatic rings. The summed E-state index contributed by atoms with van der Waals surface area (Å²) in [6, 6.07) is 2.84. The van der Waals surface area contributed by atoms with Gasteiger partial charge in [0.1, 0.15) is 5.75 Å². The third-order valence-electron chi connectivity index (χ3n) is 2.43. The van der Waals surface area contributed by atoms with Crippen molar-refractivity contribution in [2.24, 2.45) is 11.5 Å². The molecular weight excluding hydrogens is 321 g/mol. The molecule has 0 saturated heterocycles. The smallest absolute Gasteiger partial charge is 0.261 e. The van der Waals surface area contributed by atoms with E-state index in [0.717, 1.165) is 0 Å². The molecule has 1 atom stereocenters. The van der Waals surface area contributed by atoms with Gasteiger partial charge in [-0.2, -0.15) is 0 Å². The fraction of sp³-hybridized carbons (Fsp3) is 0.250. The van der Waals surface area contributed by atoms with Crippen LogP contribution >= 0.6 is 23.2 Å². The highest BCUT2D eigenvalue weighted by Gasteiger charge is 2.26. The molecule has 0 saturated carbocycles. The molecule has 1 rings (SSSR count). The monoisotopic (exact) mass is 333 g/mol. The van der Waals surface area contributed by atoms with Crippen molar-refractivity contribution in [3.05, 3.63) is 28.2 Å². The van der Waals surface area contributed by atoms with Gasteiger partial charge in [0.15, 0.2) is 12.1 Å². The van der Waals surface area contributed by atoms with Crippen molar-refractivity contribution in [2.75, 3.05) is 0 Å². The summed E-state index contributed by atoms with van der Waals surface area (Å²) >= 11 is 11.6. The number of hydrogen-bond acceptors (Lipinski definition) is 4. The van der Waals surface area contributed by atoms with Crippen LogP contribution < -0.4 is 21.5 Å². The minimum Gasteiger partial charge on any atom is -0.481 e. The normalized spacial score (nSPS) is 11.8. The second-order valence-electron chi connectivity index (χ2n) is 4.08. The first kappa shape index (κ1) is 17.1. The molecule has 7 nitrogen and oxygen atoms in total. The average molecular weight is 334 g/mol. The van der Waals surface area contributed by atoms with Crippen LogP contribution in [0.3, 0.4) is 0 Å². The molecule has 0 unspecified atom stereocenters. The fourth-order valence-corrected chi connectivity index (χ4v) is 1.64. The molecule has 0 aliphatic carbocycles. The number of halogens is 2. The number of carbonyl (C=O) groups is 3. The predicted octanol–water partition coefficient (Wildman–Crippen LogP) is 0.216. The van der Waals surface area contributed by atoms with Gasteiger partial charge in [0.05, 0.1) is 10.0 Å². The molecular formula is C12H13Cl2N3O4. The number of benzene rings is 1. The molecule has 5 N–H and O–H groups in total. The van der Waals surface area contributed by atoms with Crippen molar-refractivity contribution in [1.29, 1.82) is 0 Å². The Morgan fingerprint density at radius 2 is 1.71 bits per heavy atom. The summed E-state index contributed by atoms with van der Waals surface area (Å²) in [5.74, 6) is -2.56. The van der Waals surface area contributed by atoms with Crippen LogP contribution in [-0.4, -0.2) is 29.9 Å². The van der Waals surface area contributed by atoms with Gasteiger partial charge >= 0.3 is 0 Å². The molecule has 0 spiro atoms. The molecule has 21 heavy (non-hydrogen) atoms. The lowest BCUT2D eigenvalue weighted by Gasteiger charge is -2.17. The van der Waals surface area contributed by atoms with E-state index >= 15 is 0 Å². The maximum Gasteiger partial charge on any atom is 0.261 e.